The summed E-state index contributed by atoms with van der Waals surface area (Å²) in [7, 11) is 1.47. The molecule has 0 saturated heterocycles. The molecule has 2 aromatic heterocycles. The summed E-state index contributed by atoms with van der Waals surface area (Å²) in [6.45, 7) is 0. The Hall–Kier alpha value is -2.54. The molecule has 0 N–H and O–H groups in total. The first-order valence-electron chi connectivity index (χ1n) is 5.87. The zero-order chi connectivity index (χ0) is 15.0. The molecular formula is C13H8ClFN4O2. The van der Waals surface area contributed by atoms with Crippen molar-refractivity contribution in [2.75, 3.05) is 11.9 Å². The van der Waals surface area contributed by atoms with Crippen LogP contribution in [0.1, 0.15) is 10.7 Å². The summed E-state index contributed by atoms with van der Waals surface area (Å²) in [6, 6.07) is 6.24. The molecule has 1 amide bonds. The zero-order valence-electron chi connectivity index (χ0n) is 10.7. The maximum atomic E-state index is 14.0. The van der Waals surface area contributed by atoms with Crippen molar-refractivity contribution in [2.24, 2.45) is 0 Å². The van der Waals surface area contributed by atoms with Gasteiger partial charge in [-0.05, 0) is 29.8 Å². The Morgan fingerprint density at radius 3 is 2.90 bits per heavy atom. The maximum Gasteiger partial charge on any atom is 0.315 e. The quantitative estimate of drug-likeness (QED) is 0.728. The highest BCUT2D eigenvalue weighted by Gasteiger charge is 2.21. The van der Waals surface area contributed by atoms with Crippen molar-refractivity contribution in [3.8, 4) is 0 Å². The van der Waals surface area contributed by atoms with Crippen molar-refractivity contribution in [1.29, 1.82) is 0 Å². The highest BCUT2D eigenvalue weighted by atomic mass is 35.5. The van der Waals surface area contributed by atoms with Gasteiger partial charge in [-0.1, -0.05) is 11.2 Å². The average molecular weight is 307 g/mol. The van der Waals surface area contributed by atoms with Crippen LogP contribution in [0.2, 0.25) is 5.35 Å². The second kappa shape index (κ2) is 5.10. The van der Waals surface area contributed by atoms with Crippen LogP contribution < -0.4 is 4.90 Å². The third-order valence-electron chi connectivity index (χ3n) is 2.92. The van der Waals surface area contributed by atoms with Crippen molar-refractivity contribution in [3.05, 3.63) is 47.5 Å². The van der Waals surface area contributed by atoms with E-state index in [0.29, 0.717) is 11.1 Å². The van der Waals surface area contributed by atoms with E-state index in [1.165, 1.54) is 24.2 Å². The summed E-state index contributed by atoms with van der Waals surface area (Å²) < 4.78 is 18.9. The van der Waals surface area contributed by atoms with Gasteiger partial charge in [-0.15, -0.1) is 5.10 Å². The lowest BCUT2D eigenvalue weighted by atomic mass is 10.2. The molecule has 6 nitrogen and oxygen atoms in total. The van der Waals surface area contributed by atoms with Crippen LogP contribution in [-0.4, -0.2) is 28.1 Å². The number of benzene rings is 1. The fourth-order valence-electron chi connectivity index (χ4n) is 1.88. The topological polar surface area (TPSA) is 72.1 Å². The van der Waals surface area contributed by atoms with Gasteiger partial charge < -0.3 is 9.32 Å². The van der Waals surface area contributed by atoms with Gasteiger partial charge in [0, 0.05) is 24.3 Å². The van der Waals surface area contributed by atoms with E-state index in [1.807, 2.05) is 0 Å². The lowest BCUT2D eigenvalue weighted by Gasteiger charge is -2.15. The Bertz CT molecular complexity index is 836. The standard InChI is InChI=1S/C13H8ClFN4O2/c1-19(12(20)11-17-18-13(14)21-11)8-5-7-3-2-4-16-10(7)9(15)6-8/h2-6H,1H3. The summed E-state index contributed by atoms with van der Waals surface area (Å²) in [4.78, 5) is 17.3. The van der Waals surface area contributed by atoms with Gasteiger partial charge in [0.2, 0.25) is 0 Å². The molecule has 2 heterocycles. The Morgan fingerprint density at radius 1 is 1.38 bits per heavy atom. The Kier molecular flexibility index (Phi) is 3.26. The number of carbonyl (C=O) groups excluding carboxylic acids is 1. The van der Waals surface area contributed by atoms with E-state index in [-0.39, 0.29) is 16.8 Å². The molecule has 106 valence electrons. The zero-order valence-corrected chi connectivity index (χ0v) is 11.5. The van der Waals surface area contributed by atoms with Crippen LogP contribution in [0, 0.1) is 5.82 Å². The Balaban J connectivity index is 2.01. The lowest BCUT2D eigenvalue weighted by Crippen LogP contribution is -2.26. The maximum absolute atomic E-state index is 14.0. The minimum Gasteiger partial charge on any atom is -0.403 e. The highest BCUT2D eigenvalue weighted by molar-refractivity contribution is 6.27. The van der Waals surface area contributed by atoms with E-state index in [9.17, 15) is 9.18 Å². The smallest absolute Gasteiger partial charge is 0.315 e. The molecule has 1 aromatic carbocycles. The number of nitrogens with zero attached hydrogens (tertiary/aromatic N) is 4. The fourth-order valence-corrected chi connectivity index (χ4v) is 1.99. The van der Waals surface area contributed by atoms with Crippen LogP contribution in [0.5, 0.6) is 0 Å². The molecule has 0 radical (unpaired) electrons. The third kappa shape index (κ3) is 2.43. The second-order valence-electron chi connectivity index (χ2n) is 4.23. The van der Waals surface area contributed by atoms with Crippen LogP contribution >= 0.6 is 11.6 Å². The van der Waals surface area contributed by atoms with Gasteiger partial charge >= 0.3 is 17.1 Å². The molecule has 0 aliphatic carbocycles. The lowest BCUT2D eigenvalue weighted by molar-refractivity contribution is 0.0960. The molecule has 0 saturated carbocycles. The molecule has 0 aliphatic heterocycles. The summed E-state index contributed by atoms with van der Waals surface area (Å²) in [6.07, 6.45) is 1.50. The van der Waals surface area contributed by atoms with E-state index in [1.54, 1.807) is 18.2 Å². The number of carbonyl (C=O) groups is 1. The molecule has 0 fully saturated rings. The van der Waals surface area contributed by atoms with E-state index in [0.717, 1.165) is 0 Å². The monoisotopic (exact) mass is 306 g/mol. The molecular weight excluding hydrogens is 299 g/mol. The van der Waals surface area contributed by atoms with Gasteiger partial charge in [0.05, 0.1) is 0 Å². The van der Waals surface area contributed by atoms with Gasteiger partial charge in [-0.3, -0.25) is 9.78 Å². The fraction of sp³-hybridized carbons (Fsp3) is 0.0769. The van der Waals surface area contributed by atoms with E-state index in [4.69, 9.17) is 16.0 Å². The SMILES string of the molecule is CN(C(=O)c1nnc(Cl)o1)c1cc(F)c2ncccc2c1. The van der Waals surface area contributed by atoms with Crippen molar-refractivity contribution in [3.63, 3.8) is 0 Å². The predicted molar refractivity (Wildman–Crippen MR) is 73.7 cm³/mol. The minimum absolute atomic E-state index is 0.236. The van der Waals surface area contributed by atoms with Gasteiger partial charge in [-0.2, -0.15) is 0 Å². The van der Waals surface area contributed by atoms with Crippen molar-refractivity contribution in [1.82, 2.24) is 15.2 Å². The number of halogens is 2. The van der Waals surface area contributed by atoms with Crippen LogP contribution in [0.3, 0.4) is 0 Å². The summed E-state index contributed by atoms with van der Waals surface area (Å²) in [5.41, 5.74) is 0.579. The molecule has 3 aromatic rings. The van der Waals surface area contributed by atoms with E-state index in [2.05, 4.69) is 15.2 Å². The molecule has 0 spiro atoms. The molecule has 0 aliphatic rings. The van der Waals surface area contributed by atoms with Crippen molar-refractivity contribution < 1.29 is 13.6 Å². The molecule has 0 unspecified atom stereocenters. The first-order valence-corrected chi connectivity index (χ1v) is 6.25. The third-order valence-corrected chi connectivity index (χ3v) is 3.07. The molecule has 21 heavy (non-hydrogen) atoms. The van der Waals surface area contributed by atoms with Crippen LogP contribution in [0.4, 0.5) is 10.1 Å². The Labute approximate surface area is 123 Å². The normalized spacial score (nSPS) is 10.8. The summed E-state index contributed by atoms with van der Waals surface area (Å²) >= 11 is 5.48. The van der Waals surface area contributed by atoms with E-state index >= 15 is 0 Å². The highest BCUT2D eigenvalue weighted by Crippen LogP contribution is 2.24. The number of rotatable bonds is 2. The number of amides is 1. The largest absolute Gasteiger partial charge is 0.403 e. The molecule has 0 bridgehead atoms. The minimum atomic E-state index is -0.586. The van der Waals surface area contributed by atoms with Gasteiger partial charge in [0.25, 0.3) is 0 Å². The number of fused-ring (bicyclic) bond motifs is 1. The number of pyridine rings is 1. The molecule has 8 heteroatoms. The van der Waals surface area contributed by atoms with Crippen molar-refractivity contribution in [2.45, 2.75) is 0 Å². The molecule has 0 atom stereocenters. The first kappa shape index (κ1) is 13.4. The van der Waals surface area contributed by atoms with Gasteiger partial charge in [0.1, 0.15) is 5.52 Å². The Morgan fingerprint density at radius 2 is 2.19 bits per heavy atom. The number of anilines is 1. The number of hydrogen-bond acceptors (Lipinski definition) is 5. The average Bonchev–Trinajstić information content (AvgIpc) is 2.92. The van der Waals surface area contributed by atoms with Crippen molar-refractivity contribution >= 4 is 34.1 Å². The second-order valence-corrected chi connectivity index (χ2v) is 4.55. The van der Waals surface area contributed by atoms with Crippen LogP contribution in [-0.2, 0) is 0 Å². The van der Waals surface area contributed by atoms with Gasteiger partial charge in [0.15, 0.2) is 5.82 Å². The molecule has 3 rings (SSSR count). The summed E-state index contributed by atoms with van der Waals surface area (Å²) in [5, 5.41) is 7.24. The van der Waals surface area contributed by atoms with Crippen LogP contribution in [0.25, 0.3) is 10.9 Å². The summed E-state index contributed by atoms with van der Waals surface area (Å²) in [5.74, 6) is -1.38. The number of hydrogen-bond donors (Lipinski definition) is 0. The van der Waals surface area contributed by atoms with Gasteiger partial charge in [-0.25, -0.2) is 4.39 Å². The predicted octanol–water partition coefficient (Wildman–Crippen LogP) is 2.69. The van der Waals surface area contributed by atoms with E-state index < -0.39 is 11.7 Å². The van der Waals surface area contributed by atoms with Crippen LogP contribution in [0.15, 0.2) is 34.9 Å². The first-order chi connectivity index (χ1) is 10.1. The number of aromatic nitrogens is 3.